The zero-order valence-electron chi connectivity index (χ0n) is 37.4. The van der Waals surface area contributed by atoms with E-state index in [2.05, 4.69) is 10.6 Å². The molecule has 3 heterocycles. The lowest BCUT2D eigenvalue weighted by molar-refractivity contribution is -0.160. The number of aliphatic hydroxyl groups is 2. The molecule has 17 heteroatoms. The third-order valence-electron chi connectivity index (χ3n) is 12.0. The normalized spacial score (nSPS) is 28.5. The number of nitrogens with zero attached hydrogens (tertiary/aromatic N) is 1. The van der Waals surface area contributed by atoms with E-state index in [0.717, 1.165) is 0 Å². The van der Waals surface area contributed by atoms with Gasteiger partial charge in [-0.1, -0.05) is 45.9 Å². The van der Waals surface area contributed by atoms with E-state index in [9.17, 15) is 39.3 Å². The van der Waals surface area contributed by atoms with Gasteiger partial charge < -0.3 is 54.1 Å². The van der Waals surface area contributed by atoms with Crippen molar-refractivity contribution < 1.29 is 62.6 Å². The van der Waals surface area contributed by atoms with E-state index in [1.807, 2.05) is 0 Å². The summed E-state index contributed by atoms with van der Waals surface area (Å²) in [5.41, 5.74) is -0.881. The van der Waals surface area contributed by atoms with Crippen LogP contribution in [0.2, 0.25) is 0 Å². The van der Waals surface area contributed by atoms with Gasteiger partial charge in [-0.15, -0.1) is 0 Å². The van der Waals surface area contributed by atoms with Gasteiger partial charge in [0.1, 0.15) is 40.9 Å². The first-order valence-corrected chi connectivity index (χ1v) is 21.0. The molecule has 342 valence electrons. The summed E-state index contributed by atoms with van der Waals surface area (Å²) in [6, 6.07) is 4.73. The van der Waals surface area contributed by atoms with Gasteiger partial charge in [-0.2, -0.15) is 0 Å². The van der Waals surface area contributed by atoms with E-state index < -0.39 is 82.7 Å². The number of hydrogen-bond donors (Lipinski definition) is 5. The number of methoxy groups -OCH3 is 1. The van der Waals surface area contributed by atoms with Crippen molar-refractivity contribution in [3.05, 3.63) is 75.7 Å². The Morgan fingerprint density at radius 3 is 2.38 bits per heavy atom. The second-order valence-electron chi connectivity index (χ2n) is 16.7. The average Bonchev–Trinajstić information content (AvgIpc) is 3.52. The monoisotopic (exact) mass is 885 g/mol. The minimum atomic E-state index is -2.07. The van der Waals surface area contributed by atoms with E-state index in [4.69, 9.17) is 33.1 Å². The van der Waals surface area contributed by atoms with Crippen LogP contribution in [0.3, 0.4) is 0 Å². The molecule has 0 unspecified atom stereocenters. The van der Waals surface area contributed by atoms with E-state index in [1.54, 1.807) is 52.0 Å². The van der Waals surface area contributed by atoms with Crippen LogP contribution in [0, 0.1) is 30.6 Å². The number of esters is 1. The molecule has 17 nitrogen and oxygen atoms in total. The van der Waals surface area contributed by atoms with Gasteiger partial charge in [0, 0.05) is 74.1 Å². The molecule has 64 heavy (non-hydrogen) atoms. The van der Waals surface area contributed by atoms with Gasteiger partial charge in [-0.05, 0) is 32.1 Å². The van der Waals surface area contributed by atoms with Gasteiger partial charge in [0.25, 0.3) is 11.7 Å². The zero-order chi connectivity index (χ0) is 46.9. The van der Waals surface area contributed by atoms with Crippen LogP contribution >= 0.6 is 0 Å². The Labute approximate surface area is 369 Å². The summed E-state index contributed by atoms with van der Waals surface area (Å²) in [6.45, 7) is 14.2. The van der Waals surface area contributed by atoms with Crippen molar-refractivity contribution in [1.29, 1.82) is 0 Å². The van der Waals surface area contributed by atoms with Gasteiger partial charge in [-0.25, -0.2) is 4.98 Å². The molecule has 2 amide bonds. The molecular weight excluding hydrogens is 831 g/mol. The summed E-state index contributed by atoms with van der Waals surface area (Å²) in [4.78, 5) is 71.5. The van der Waals surface area contributed by atoms with Crippen LogP contribution in [0.25, 0.3) is 33.0 Å². The number of phenolic OH excluding ortho intramolecular Hbond substituents is 1. The van der Waals surface area contributed by atoms with Gasteiger partial charge in [0.15, 0.2) is 22.3 Å². The van der Waals surface area contributed by atoms with Crippen molar-refractivity contribution in [3.63, 3.8) is 0 Å². The number of rotatable bonds is 6. The molecule has 0 fully saturated rings. The van der Waals surface area contributed by atoms with Gasteiger partial charge in [0.2, 0.25) is 5.91 Å². The summed E-state index contributed by atoms with van der Waals surface area (Å²) < 4.78 is 36.0. The highest BCUT2D eigenvalue weighted by molar-refractivity contribution is 6.26. The molecule has 3 aromatic carbocycles. The Morgan fingerprint density at radius 1 is 0.984 bits per heavy atom. The van der Waals surface area contributed by atoms with Crippen LogP contribution in [0.15, 0.2) is 63.6 Å². The second-order valence-corrected chi connectivity index (χ2v) is 16.7. The fourth-order valence-corrected chi connectivity index (χ4v) is 8.27. The van der Waals surface area contributed by atoms with E-state index in [-0.39, 0.29) is 80.2 Å². The molecule has 4 bridgehead atoms. The third-order valence-corrected chi connectivity index (χ3v) is 12.0. The number of ether oxygens (including phenoxy) is 5. The number of Topliss-reactive ketones (excluding diaryl/α,β-unsaturated/α-hetero) is 1. The molecule has 0 saturated heterocycles. The van der Waals surface area contributed by atoms with Crippen LogP contribution in [0.1, 0.15) is 71.3 Å². The summed E-state index contributed by atoms with van der Waals surface area (Å²) in [6.07, 6.45) is 3.46. The number of amides is 2. The van der Waals surface area contributed by atoms with Crippen molar-refractivity contribution in [2.75, 3.05) is 25.6 Å². The maximum absolute atomic E-state index is 14.7. The van der Waals surface area contributed by atoms with E-state index >= 15 is 0 Å². The van der Waals surface area contributed by atoms with Gasteiger partial charge in [0.05, 0.1) is 42.1 Å². The number of benzene rings is 3. The summed E-state index contributed by atoms with van der Waals surface area (Å²) in [5.74, 6) is -7.34. The molecule has 1 aromatic heterocycles. The maximum atomic E-state index is 14.7. The Bertz CT molecular complexity index is 2670. The molecule has 4 aromatic rings. The highest BCUT2D eigenvalue weighted by atomic mass is 16.7. The highest BCUT2D eigenvalue weighted by Gasteiger charge is 2.49. The SMILES string of the molecule is CO[C@H]1/C=C/O[C@@]2(C)Oc3c(C)c(=O)c4c(O)c(c5oc6cc(OCCNC(C)=O)ccc6nc5c4c3C2=O)NC(=O)/C(C)=C\C=C\[C@H](C)[C@H](O)[C@@H](C)[C@@H](O)[C@@H](C)[C@H](OC(C)=O)[C@@H]1C. The average molecular weight is 886 g/mol. The number of allylic oxidation sites excluding steroid dienone is 2. The largest absolute Gasteiger partial charge is 0.505 e. The van der Waals surface area contributed by atoms with Gasteiger partial charge >= 0.3 is 11.8 Å². The summed E-state index contributed by atoms with van der Waals surface area (Å²) in [7, 11) is 1.43. The predicted octanol–water partition coefficient (Wildman–Crippen LogP) is 5.51. The number of aromatic hydroxyl groups is 1. The number of carbonyl (C=O) groups is 4. The number of ketones is 1. The van der Waals surface area contributed by atoms with Crippen LogP contribution in [0.4, 0.5) is 5.69 Å². The first-order chi connectivity index (χ1) is 30.2. The zero-order valence-corrected chi connectivity index (χ0v) is 37.4. The first-order valence-electron chi connectivity index (χ1n) is 21.0. The first kappa shape index (κ1) is 47.2. The number of phenols is 1. The maximum Gasteiger partial charge on any atom is 0.312 e. The molecular formula is C47H55N3O14. The number of fused-ring (bicyclic) bond motifs is 2. The molecule has 2 aliphatic heterocycles. The van der Waals surface area contributed by atoms with Crippen molar-refractivity contribution >= 4 is 62.2 Å². The lowest BCUT2D eigenvalue weighted by Crippen LogP contribution is -2.46. The Hall–Kier alpha value is -6.30. The second kappa shape index (κ2) is 18.8. The molecule has 6 rings (SSSR count). The molecule has 0 aliphatic carbocycles. The number of hydrogen-bond acceptors (Lipinski definition) is 15. The molecule has 0 saturated carbocycles. The quantitative estimate of drug-likeness (QED) is 0.0527. The van der Waals surface area contributed by atoms with Crippen molar-refractivity contribution in [2.45, 2.75) is 92.5 Å². The number of carbonyl (C=O) groups excluding carboxylic acids is 4. The Kier molecular flexibility index (Phi) is 13.9. The van der Waals surface area contributed by atoms with Crippen LogP contribution in [-0.2, 0) is 28.6 Å². The molecule has 2 aliphatic rings. The number of nitrogens with one attached hydrogen (secondary N) is 2. The number of aliphatic hydroxyl groups excluding tert-OH is 2. The summed E-state index contributed by atoms with van der Waals surface area (Å²) in [5, 5.41) is 39.9. The molecule has 0 spiro atoms. The topological polar surface area (TPSA) is 242 Å². The third kappa shape index (κ3) is 9.05. The number of aromatic nitrogens is 1. The Balaban J connectivity index is 1.57. The fourth-order valence-electron chi connectivity index (χ4n) is 8.27. The smallest absolute Gasteiger partial charge is 0.312 e. The minimum absolute atomic E-state index is 0.0321. The minimum Gasteiger partial charge on any atom is -0.505 e. The standard InChI is InChI=1S/C47H55N3O14/c1-21-12-11-13-22(2)46(58)50-37-41(56)34-33(36-44(37)63-32-20-29(14-15-30(32)49-36)60-19-17-48-27(7)51)35-43(26(6)40(34)55)64-47(9,45(35)57)61-18-16-31(59-10)23(3)42(62-28(8)52)25(5)39(54)24(4)38(21)53/h11-16,18,20-21,23-25,31,38-39,42,53-54,56H,17,19H2,1-10H3,(H,48,51)(H,50,58)/b12-11+,18-16+,22-13-/t21-,23+,24+,25+,31-,38-,39+,42+,47-/m0/s1. The molecule has 9 atom stereocenters. The summed E-state index contributed by atoms with van der Waals surface area (Å²) >= 11 is 0. The van der Waals surface area contributed by atoms with Gasteiger partial charge in [-0.3, -0.25) is 24.0 Å². The number of anilines is 1. The van der Waals surface area contributed by atoms with Crippen LogP contribution in [0.5, 0.6) is 17.2 Å². The van der Waals surface area contributed by atoms with Crippen molar-refractivity contribution in [3.8, 4) is 17.2 Å². The van der Waals surface area contributed by atoms with E-state index in [0.29, 0.717) is 5.75 Å². The fraction of sp³-hybridized carbons (Fsp3) is 0.447. The van der Waals surface area contributed by atoms with Crippen LogP contribution in [-0.4, -0.2) is 94.3 Å². The van der Waals surface area contributed by atoms with Crippen LogP contribution < -0.4 is 25.5 Å². The predicted molar refractivity (Wildman–Crippen MR) is 236 cm³/mol. The Morgan fingerprint density at radius 2 is 1.70 bits per heavy atom. The lowest BCUT2D eigenvalue weighted by atomic mass is 9.78. The molecule has 5 N–H and O–H groups in total. The van der Waals surface area contributed by atoms with Crippen molar-refractivity contribution in [1.82, 2.24) is 10.3 Å². The van der Waals surface area contributed by atoms with Crippen molar-refractivity contribution in [2.24, 2.45) is 23.7 Å². The highest BCUT2D eigenvalue weighted by Crippen LogP contribution is 2.48. The van der Waals surface area contributed by atoms with E-state index in [1.165, 1.54) is 66.2 Å². The lowest BCUT2D eigenvalue weighted by Gasteiger charge is -2.38. The molecule has 0 radical (unpaired) electrons.